The van der Waals surface area contributed by atoms with Gasteiger partial charge in [-0.2, -0.15) is 0 Å². The van der Waals surface area contributed by atoms with Crippen molar-refractivity contribution >= 4 is 45.8 Å². The third kappa shape index (κ3) is 4.84. The Bertz CT molecular complexity index is 1610. The van der Waals surface area contributed by atoms with Gasteiger partial charge in [-0.1, -0.05) is 97.1 Å². The summed E-state index contributed by atoms with van der Waals surface area (Å²) < 4.78 is 0. The molecule has 0 bridgehead atoms. The fourth-order valence-electron chi connectivity index (χ4n) is 4.39. The van der Waals surface area contributed by atoms with E-state index in [9.17, 15) is 0 Å². The zero-order valence-corrected chi connectivity index (χ0v) is 19.8. The number of nitrogens with zero attached hydrogens (tertiary/aromatic N) is 2. The second-order valence-corrected chi connectivity index (χ2v) is 8.83. The third-order valence-electron chi connectivity index (χ3n) is 6.31. The lowest BCUT2D eigenvalue weighted by molar-refractivity contribution is 1.24. The molecule has 0 aliphatic rings. The minimum absolute atomic E-state index is 0.858. The minimum Gasteiger partial charge on any atom is -0.255 e. The maximum Gasteiger partial charge on any atom is 0.0892 e. The highest BCUT2D eigenvalue weighted by molar-refractivity contribution is 5.87. The molecule has 0 spiro atoms. The van der Waals surface area contributed by atoms with Crippen LogP contribution in [0.2, 0.25) is 0 Å². The monoisotopic (exact) mass is 460 g/mol. The molecule has 6 rings (SSSR count). The lowest BCUT2D eigenvalue weighted by Gasteiger charge is -2.04. The van der Waals surface area contributed by atoms with Gasteiger partial charge in [-0.25, -0.2) is 0 Å². The van der Waals surface area contributed by atoms with E-state index in [2.05, 4.69) is 131 Å². The fraction of sp³-hybridized carbons (Fsp3) is 0. The van der Waals surface area contributed by atoms with E-state index in [-0.39, 0.29) is 0 Å². The van der Waals surface area contributed by atoms with Crippen LogP contribution in [-0.4, -0.2) is 9.97 Å². The van der Waals surface area contributed by atoms with Crippen LogP contribution >= 0.6 is 0 Å². The van der Waals surface area contributed by atoms with Crippen LogP contribution in [0.15, 0.2) is 122 Å². The molecule has 0 fully saturated rings. The van der Waals surface area contributed by atoms with Crippen LogP contribution in [0.5, 0.6) is 0 Å². The summed E-state index contributed by atoms with van der Waals surface area (Å²) in [6, 6.07) is 38.1. The van der Waals surface area contributed by atoms with Gasteiger partial charge in [0, 0.05) is 12.4 Å². The van der Waals surface area contributed by atoms with Crippen LogP contribution in [0.4, 0.5) is 0 Å². The molecule has 36 heavy (non-hydrogen) atoms. The summed E-state index contributed by atoms with van der Waals surface area (Å²) in [6.07, 6.45) is 12.2. The van der Waals surface area contributed by atoms with Crippen LogP contribution < -0.4 is 0 Å². The van der Waals surface area contributed by atoms with E-state index in [1.54, 1.807) is 0 Å². The lowest BCUT2D eigenvalue weighted by Crippen LogP contribution is -1.88. The molecule has 0 aliphatic carbocycles. The molecule has 2 heteroatoms. The molecule has 0 atom stereocenters. The van der Waals surface area contributed by atoms with E-state index in [1.165, 1.54) is 32.7 Å². The van der Waals surface area contributed by atoms with Gasteiger partial charge in [0.15, 0.2) is 0 Å². The number of pyridine rings is 2. The Kier molecular flexibility index (Phi) is 5.91. The molecule has 2 heterocycles. The topological polar surface area (TPSA) is 25.8 Å². The number of hydrogen-bond donors (Lipinski definition) is 0. The molecule has 0 aliphatic heterocycles. The van der Waals surface area contributed by atoms with Crippen molar-refractivity contribution in [2.24, 2.45) is 0 Å². The van der Waals surface area contributed by atoms with Crippen molar-refractivity contribution in [1.82, 2.24) is 9.97 Å². The van der Waals surface area contributed by atoms with Gasteiger partial charge in [-0.15, -0.1) is 0 Å². The van der Waals surface area contributed by atoms with Gasteiger partial charge in [0.2, 0.25) is 0 Å². The Labute approximate surface area is 210 Å². The maximum atomic E-state index is 4.58. The van der Waals surface area contributed by atoms with Gasteiger partial charge in [0.25, 0.3) is 0 Å². The van der Waals surface area contributed by atoms with E-state index >= 15 is 0 Å². The van der Waals surface area contributed by atoms with Crippen molar-refractivity contribution in [3.8, 4) is 11.4 Å². The van der Waals surface area contributed by atoms with Crippen LogP contribution in [0.25, 0.3) is 57.2 Å². The second kappa shape index (κ2) is 9.81. The molecular weight excluding hydrogens is 436 g/mol. The fourth-order valence-corrected chi connectivity index (χ4v) is 4.39. The Morgan fingerprint density at radius 1 is 0.361 bits per heavy atom. The predicted molar refractivity (Wildman–Crippen MR) is 153 cm³/mol. The molecule has 0 radical (unpaired) electrons. The molecule has 0 saturated carbocycles. The molecule has 0 amide bonds. The van der Waals surface area contributed by atoms with E-state index in [4.69, 9.17) is 0 Å². The summed E-state index contributed by atoms with van der Waals surface area (Å²) >= 11 is 0. The van der Waals surface area contributed by atoms with Crippen molar-refractivity contribution in [1.29, 1.82) is 0 Å². The van der Waals surface area contributed by atoms with Crippen LogP contribution in [0, 0.1) is 0 Å². The molecule has 0 N–H and O–H groups in total. The van der Waals surface area contributed by atoms with E-state index in [1.807, 2.05) is 24.5 Å². The Morgan fingerprint density at radius 2 is 0.750 bits per heavy atom. The average Bonchev–Trinajstić information content (AvgIpc) is 2.95. The highest BCUT2D eigenvalue weighted by atomic mass is 14.8. The lowest BCUT2D eigenvalue weighted by atomic mass is 10.1. The normalized spacial score (nSPS) is 11.7. The van der Waals surface area contributed by atoms with Gasteiger partial charge in [-0.05, 0) is 80.2 Å². The molecule has 6 aromatic rings. The number of rotatable bonds is 5. The molecule has 0 unspecified atom stereocenters. The average molecular weight is 461 g/mol. The van der Waals surface area contributed by atoms with Gasteiger partial charge in [0.1, 0.15) is 0 Å². The Balaban J connectivity index is 1.23. The first-order valence-corrected chi connectivity index (χ1v) is 12.1. The molecule has 2 aromatic heterocycles. The van der Waals surface area contributed by atoms with Gasteiger partial charge in [-0.3, -0.25) is 9.97 Å². The maximum absolute atomic E-state index is 4.58. The summed E-state index contributed by atoms with van der Waals surface area (Å²) in [5.41, 5.74) is 6.24. The first kappa shape index (κ1) is 21.7. The largest absolute Gasteiger partial charge is 0.255 e. The Morgan fingerprint density at radius 3 is 1.19 bits per heavy atom. The Hall–Kier alpha value is -4.82. The van der Waals surface area contributed by atoms with E-state index < -0.39 is 0 Å². The summed E-state index contributed by atoms with van der Waals surface area (Å²) in [5, 5.41) is 4.99. The highest BCUT2D eigenvalue weighted by Gasteiger charge is 2.03. The highest BCUT2D eigenvalue weighted by Crippen LogP contribution is 2.22. The number of hydrogen-bond acceptors (Lipinski definition) is 2. The molecule has 0 saturated heterocycles. The summed E-state index contributed by atoms with van der Waals surface area (Å²) in [7, 11) is 0. The number of aromatic nitrogens is 2. The second-order valence-electron chi connectivity index (χ2n) is 8.83. The number of fused-ring (bicyclic) bond motifs is 2. The molecule has 4 aromatic carbocycles. The first-order valence-electron chi connectivity index (χ1n) is 12.1. The first-order chi connectivity index (χ1) is 17.8. The summed E-state index contributed by atoms with van der Waals surface area (Å²) in [6.45, 7) is 0. The van der Waals surface area contributed by atoms with Crippen LogP contribution in [-0.2, 0) is 0 Å². The van der Waals surface area contributed by atoms with Crippen LogP contribution in [0.1, 0.15) is 22.3 Å². The van der Waals surface area contributed by atoms with E-state index in [0.29, 0.717) is 0 Å². The predicted octanol–water partition coefficient (Wildman–Crippen LogP) is 8.79. The molecule has 170 valence electrons. The zero-order valence-electron chi connectivity index (χ0n) is 19.8. The van der Waals surface area contributed by atoms with Crippen LogP contribution in [0.3, 0.4) is 0 Å². The minimum atomic E-state index is 0.858. The molecular formula is C34H24N2. The van der Waals surface area contributed by atoms with Crippen molar-refractivity contribution in [3.63, 3.8) is 0 Å². The smallest absolute Gasteiger partial charge is 0.0892 e. The van der Waals surface area contributed by atoms with Gasteiger partial charge < -0.3 is 0 Å². The van der Waals surface area contributed by atoms with Crippen molar-refractivity contribution in [3.05, 3.63) is 144 Å². The van der Waals surface area contributed by atoms with Crippen molar-refractivity contribution < 1.29 is 0 Å². The third-order valence-corrected chi connectivity index (χ3v) is 6.31. The van der Waals surface area contributed by atoms with Crippen molar-refractivity contribution in [2.45, 2.75) is 0 Å². The zero-order chi connectivity index (χ0) is 24.2. The number of benzene rings is 4. The summed E-state index contributed by atoms with van der Waals surface area (Å²) in [4.78, 5) is 9.16. The SMILES string of the molecule is C(=C\c1ccc2ccccc2c1)/c1ccnc(-c2cc(/C=C/c3ccc4ccccc4c3)ccn2)c1. The van der Waals surface area contributed by atoms with Gasteiger partial charge >= 0.3 is 0 Å². The van der Waals surface area contributed by atoms with E-state index in [0.717, 1.165) is 22.5 Å². The quantitative estimate of drug-likeness (QED) is 0.257. The summed E-state index contributed by atoms with van der Waals surface area (Å²) in [5.74, 6) is 0. The standard InChI is InChI=1S/C34H24N2/c1-3-7-31-21-25(13-15-29(31)5-1)9-11-27-17-19-35-33(23-27)34-24-28(18-20-36-34)12-10-26-14-16-30-6-2-4-8-32(30)22-26/h1-24H/b11-9+,12-10+. The van der Waals surface area contributed by atoms with Crippen molar-refractivity contribution in [2.75, 3.05) is 0 Å². The molecule has 2 nitrogen and oxygen atoms in total. The van der Waals surface area contributed by atoms with Gasteiger partial charge in [0.05, 0.1) is 11.4 Å².